The number of nitrogens with zero attached hydrogens (tertiary/aromatic N) is 2. The monoisotopic (exact) mass is 500 g/mol. The Balaban J connectivity index is 2.09. The van der Waals surface area contributed by atoms with Gasteiger partial charge in [0, 0.05) is 49.3 Å². The summed E-state index contributed by atoms with van der Waals surface area (Å²) >= 11 is 0. The van der Waals surface area contributed by atoms with Crippen molar-refractivity contribution in [2.45, 2.75) is 65.6 Å². The molecule has 0 unspecified atom stereocenters. The van der Waals surface area contributed by atoms with Crippen LogP contribution in [0.15, 0.2) is 12.1 Å². The van der Waals surface area contributed by atoms with Crippen LogP contribution < -0.4 is 16.0 Å². The number of rotatable bonds is 10. The molecule has 1 aliphatic heterocycles. The van der Waals surface area contributed by atoms with Gasteiger partial charge in [0.15, 0.2) is 11.6 Å². The predicted octanol–water partition coefficient (Wildman–Crippen LogP) is 2.65. The molecule has 2 amide bonds. The third-order valence-electron chi connectivity index (χ3n) is 6.54. The van der Waals surface area contributed by atoms with E-state index in [0.29, 0.717) is 18.5 Å². The first-order chi connectivity index (χ1) is 16.1. The molecule has 1 aliphatic rings. The lowest BCUT2D eigenvalue weighted by Gasteiger charge is -2.47. The van der Waals surface area contributed by atoms with Gasteiger partial charge in [0.1, 0.15) is 5.82 Å². The fourth-order valence-electron chi connectivity index (χ4n) is 4.24. The number of carbonyl (C=O) groups excluding carboxylic acids is 2. The summed E-state index contributed by atoms with van der Waals surface area (Å²) in [4.78, 5) is 28.2. The van der Waals surface area contributed by atoms with Gasteiger partial charge in [-0.05, 0) is 32.1 Å². The van der Waals surface area contributed by atoms with Gasteiger partial charge >= 0.3 is 0 Å². The largest absolute Gasteiger partial charge is 0.391 e. The molecule has 0 bridgehead atoms. The Bertz CT molecular complexity index is 910. The molecule has 35 heavy (non-hydrogen) atoms. The van der Waals surface area contributed by atoms with Crippen LogP contribution in [-0.2, 0) is 9.59 Å². The van der Waals surface area contributed by atoms with E-state index in [0.717, 1.165) is 11.0 Å². The third kappa shape index (κ3) is 7.41. The Kier molecular flexibility index (Phi) is 9.72. The van der Waals surface area contributed by atoms with Crippen molar-refractivity contribution in [3.63, 3.8) is 0 Å². The summed E-state index contributed by atoms with van der Waals surface area (Å²) in [6.45, 7) is 11.9. The van der Waals surface area contributed by atoms with Gasteiger partial charge in [-0.15, -0.1) is 0 Å². The van der Waals surface area contributed by atoms with Crippen molar-refractivity contribution in [1.29, 1.82) is 0 Å². The molecule has 1 aromatic rings. The summed E-state index contributed by atoms with van der Waals surface area (Å²) in [5.74, 6) is -4.43. The second-order valence-electron chi connectivity index (χ2n) is 10.8. The lowest BCUT2D eigenvalue weighted by molar-refractivity contribution is -0.127. The summed E-state index contributed by atoms with van der Waals surface area (Å²) in [6, 6.07) is 0.475. The highest BCUT2D eigenvalue weighted by Gasteiger charge is 2.41. The van der Waals surface area contributed by atoms with E-state index in [4.69, 9.17) is 5.73 Å². The number of hydrogen-bond donors (Lipinski definition) is 3. The van der Waals surface area contributed by atoms with E-state index in [2.05, 4.69) is 5.32 Å². The van der Waals surface area contributed by atoms with Crippen molar-refractivity contribution >= 4 is 17.5 Å². The molecule has 1 saturated heterocycles. The molecule has 4 N–H and O–H groups in total. The standard InChI is InChI=1S/C25H39F3N4O3/c1-14(2)10-30-24(35)17(15(3)4)9-21(33)19(29)11-31-12-22(34)32(13-25(31,5)6)20-8-16(26)7-18(27)23(20)28/h7-8,14-15,17,19,21,33H,9-13,29H2,1-6H3,(H,30,35)/t17-,19-,21-/m0/s1. The van der Waals surface area contributed by atoms with Gasteiger partial charge in [-0.25, -0.2) is 13.2 Å². The molecular formula is C25H39F3N4O3. The highest BCUT2D eigenvalue weighted by molar-refractivity contribution is 5.96. The fraction of sp³-hybridized carbons (Fsp3) is 0.680. The van der Waals surface area contributed by atoms with Gasteiger partial charge in [0.25, 0.3) is 0 Å². The quantitative estimate of drug-likeness (QED) is 0.429. The average Bonchev–Trinajstić information content (AvgIpc) is 2.74. The van der Waals surface area contributed by atoms with Crippen LogP contribution in [-0.4, -0.2) is 65.7 Å². The molecule has 1 fully saturated rings. The molecular weight excluding hydrogens is 461 g/mol. The molecule has 7 nitrogen and oxygen atoms in total. The number of anilines is 1. The predicted molar refractivity (Wildman–Crippen MR) is 129 cm³/mol. The molecule has 0 spiro atoms. The number of aliphatic hydroxyl groups excluding tert-OH is 1. The van der Waals surface area contributed by atoms with Gasteiger partial charge in [0.05, 0.1) is 18.3 Å². The molecule has 0 saturated carbocycles. The van der Waals surface area contributed by atoms with Gasteiger partial charge < -0.3 is 21.1 Å². The van der Waals surface area contributed by atoms with Crippen LogP contribution in [0.4, 0.5) is 18.9 Å². The van der Waals surface area contributed by atoms with Crippen LogP contribution in [0, 0.1) is 35.2 Å². The van der Waals surface area contributed by atoms with Crippen LogP contribution >= 0.6 is 0 Å². The minimum atomic E-state index is -1.37. The molecule has 3 atom stereocenters. The van der Waals surface area contributed by atoms with Crippen molar-refractivity contribution in [3.8, 4) is 0 Å². The third-order valence-corrected chi connectivity index (χ3v) is 6.54. The Morgan fingerprint density at radius 3 is 2.40 bits per heavy atom. The molecule has 0 aliphatic carbocycles. The summed E-state index contributed by atoms with van der Waals surface area (Å²) in [5.41, 5.74) is 5.11. The summed E-state index contributed by atoms with van der Waals surface area (Å²) in [7, 11) is 0. The van der Waals surface area contributed by atoms with Gasteiger partial charge in [-0.2, -0.15) is 0 Å². The second kappa shape index (κ2) is 11.7. The zero-order valence-corrected chi connectivity index (χ0v) is 21.4. The van der Waals surface area contributed by atoms with E-state index in [1.165, 1.54) is 0 Å². The molecule has 0 aromatic heterocycles. The van der Waals surface area contributed by atoms with Gasteiger partial charge in [-0.3, -0.25) is 14.5 Å². The Morgan fingerprint density at radius 2 is 1.83 bits per heavy atom. The highest BCUT2D eigenvalue weighted by Crippen LogP contribution is 2.30. The minimum Gasteiger partial charge on any atom is -0.391 e. The number of hydrogen-bond acceptors (Lipinski definition) is 5. The number of nitrogens with one attached hydrogen (secondary N) is 1. The molecule has 1 aromatic carbocycles. The van der Waals surface area contributed by atoms with Crippen molar-refractivity contribution in [1.82, 2.24) is 10.2 Å². The zero-order chi connectivity index (χ0) is 26.7. The lowest BCUT2D eigenvalue weighted by atomic mass is 9.86. The number of halogens is 3. The number of benzene rings is 1. The van der Waals surface area contributed by atoms with E-state index in [9.17, 15) is 27.9 Å². The second-order valence-corrected chi connectivity index (χ2v) is 10.8. The van der Waals surface area contributed by atoms with Crippen molar-refractivity contribution in [2.24, 2.45) is 23.5 Å². The van der Waals surface area contributed by atoms with Crippen molar-refractivity contribution in [3.05, 3.63) is 29.6 Å². The Hall–Kier alpha value is -2.17. The normalized spacial score (nSPS) is 19.2. The number of nitrogens with two attached hydrogens (primary N) is 1. The molecule has 2 rings (SSSR count). The van der Waals surface area contributed by atoms with Crippen molar-refractivity contribution in [2.75, 3.05) is 31.1 Å². The average molecular weight is 501 g/mol. The summed E-state index contributed by atoms with van der Waals surface area (Å²) < 4.78 is 41.7. The SMILES string of the molecule is CC(C)CNC(=O)[C@@H](C[C@H](O)[C@@H](N)CN1CC(=O)N(c2cc(F)cc(F)c2F)CC1(C)C)C(C)C. The van der Waals surface area contributed by atoms with Crippen LogP contribution in [0.1, 0.15) is 48.0 Å². The first-order valence-corrected chi connectivity index (χ1v) is 12.0. The topological polar surface area (TPSA) is 98.9 Å². The van der Waals surface area contributed by atoms with E-state index in [1.54, 1.807) is 18.7 Å². The summed E-state index contributed by atoms with van der Waals surface area (Å²) in [5, 5.41) is 13.7. The van der Waals surface area contributed by atoms with Crippen molar-refractivity contribution < 1.29 is 27.9 Å². The van der Waals surface area contributed by atoms with E-state index >= 15 is 0 Å². The number of aliphatic hydroxyl groups is 1. The number of carbonyl (C=O) groups is 2. The first kappa shape index (κ1) is 29.1. The Morgan fingerprint density at radius 1 is 1.20 bits per heavy atom. The smallest absolute Gasteiger partial charge is 0.241 e. The molecule has 198 valence electrons. The number of amides is 2. The highest BCUT2D eigenvalue weighted by atomic mass is 19.2. The molecule has 0 radical (unpaired) electrons. The van der Waals surface area contributed by atoms with Gasteiger partial charge in [-0.1, -0.05) is 27.7 Å². The van der Waals surface area contributed by atoms with Gasteiger partial charge in [0.2, 0.25) is 11.8 Å². The van der Waals surface area contributed by atoms with Crippen LogP contribution in [0.2, 0.25) is 0 Å². The maximum Gasteiger partial charge on any atom is 0.241 e. The minimum absolute atomic E-state index is 0.00728. The molecule has 1 heterocycles. The maximum absolute atomic E-state index is 14.3. The van der Waals surface area contributed by atoms with E-state index in [-0.39, 0.29) is 37.9 Å². The van der Waals surface area contributed by atoms with E-state index < -0.39 is 52.6 Å². The zero-order valence-electron chi connectivity index (χ0n) is 21.4. The fourth-order valence-corrected chi connectivity index (χ4v) is 4.24. The molecule has 10 heteroatoms. The Labute approximate surface area is 205 Å². The number of piperazine rings is 1. The maximum atomic E-state index is 14.3. The lowest BCUT2D eigenvalue weighted by Crippen LogP contribution is -2.64. The summed E-state index contributed by atoms with van der Waals surface area (Å²) in [6.07, 6.45) is -0.823. The first-order valence-electron chi connectivity index (χ1n) is 12.0. The van der Waals surface area contributed by atoms with Crippen LogP contribution in [0.25, 0.3) is 0 Å². The van der Waals surface area contributed by atoms with Crippen LogP contribution in [0.5, 0.6) is 0 Å². The van der Waals surface area contributed by atoms with Crippen LogP contribution in [0.3, 0.4) is 0 Å². The van der Waals surface area contributed by atoms with E-state index in [1.807, 2.05) is 27.7 Å².